The van der Waals surface area contributed by atoms with Gasteiger partial charge in [-0.25, -0.2) is 9.59 Å². The summed E-state index contributed by atoms with van der Waals surface area (Å²) >= 11 is 0. The summed E-state index contributed by atoms with van der Waals surface area (Å²) in [5, 5.41) is 14.8. The molecule has 1 amide bonds. The first-order valence-electron chi connectivity index (χ1n) is 10.6. The number of carboxylic acids is 2. The molecule has 0 spiro atoms. The quantitative estimate of drug-likeness (QED) is 0.554. The van der Waals surface area contributed by atoms with E-state index in [1.807, 2.05) is 23.1 Å². The minimum absolute atomic E-state index is 0.0406. The van der Waals surface area contributed by atoms with Crippen LogP contribution in [0.3, 0.4) is 0 Å². The largest absolute Gasteiger partial charge is 0.496 e. The molecule has 35 heavy (non-hydrogen) atoms. The monoisotopic (exact) mass is 490 g/mol. The molecule has 1 aliphatic heterocycles. The second kappa shape index (κ2) is 13.0. The standard InChI is InChI=1S/C22H28N2O5.C2H2O4/c1-26-18-8-6-5-7-16(18)15-23-9-11-24(12-10-23)22(25)17-13-19(27-2)21(29-4)20(14-17)28-3;3-1(4)2(5)6/h5-8,13-14H,9-12,15H2,1-4H3;(H,3,4)(H,5,6). The molecule has 1 aliphatic rings. The Labute approximate surface area is 203 Å². The number of piperazine rings is 1. The van der Waals surface area contributed by atoms with Gasteiger partial charge in [0.25, 0.3) is 5.91 Å². The number of amides is 1. The van der Waals surface area contributed by atoms with E-state index in [9.17, 15) is 4.79 Å². The van der Waals surface area contributed by atoms with Crippen molar-refractivity contribution in [3.63, 3.8) is 0 Å². The third kappa shape index (κ3) is 7.24. The summed E-state index contributed by atoms with van der Waals surface area (Å²) in [6, 6.07) is 11.4. The van der Waals surface area contributed by atoms with Crippen molar-refractivity contribution in [3.05, 3.63) is 47.5 Å². The highest BCUT2D eigenvalue weighted by atomic mass is 16.5. The van der Waals surface area contributed by atoms with Crippen molar-refractivity contribution < 1.29 is 43.5 Å². The maximum absolute atomic E-state index is 13.0. The van der Waals surface area contributed by atoms with Gasteiger partial charge in [0, 0.05) is 43.9 Å². The second-order valence-electron chi connectivity index (χ2n) is 7.40. The Morgan fingerprint density at radius 2 is 1.29 bits per heavy atom. The van der Waals surface area contributed by atoms with E-state index in [1.165, 1.54) is 0 Å². The van der Waals surface area contributed by atoms with Crippen molar-refractivity contribution in [2.45, 2.75) is 6.54 Å². The molecule has 0 atom stereocenters. The fraction of sp³-hybridized carbons (Fsp3) is 0.375. The zero-order valence-electron chi connectivity index (χ0n) is 20.1. The van der Waals surface area contributed by atoms with Crippen LogP contribution in [0.4, 0.5) is 0 Å². The van der Waals surface area contributed by atoms with Gasteiger partial charge >= 0.3 is 11.9 Å². The summed E-state index contributed by atoms with van der Waals surface area (Å²) < 4.78 is 21.5. The van der Waals surface area contributed by atoms with Crippen molar-refractivity contribution >= 4 is 17.8 Å². The molecule has 0 bridgehead atoms. The van der Waals surface area contributed by atoms with E-state index in [0.717, 1.165) is 30.9 Å². The van der Waals surface area contributed by atoms with Crippen LogP contribution in [0.25, 0.3) is 0 Å². The predicted octanol–water partition coefficient (Wildman–Crippen LogP) is 1.83. The number of ether oxygens (including phenoxy) is 4. The maximum Gasteiger partial charge on any atom is 0.414 e. The van der Waals surface area contributed by atoms with Crippen LogP contribution in [0.5, 0.6) is 23.0 Å². The third-order valence-corrected chi connectivity index (χ3v) is 5.34. The molecule has 2 N–H and O–H groups in total. The number of carboxylic acid groups (broad SMARTS) is 2. The van der Waals surface area contributed by atoms with Crippen LogP contribution in [-0.2, 0) is 16.1 Å². The minimum atomic E-state index is -1.82. The van der Waals surface area contributed by atoms with E-state index in [0.29, 0.717) is 35.9 Å². The number of rotatable bonds is 7. The molecule has 0 aliphatic carbocycles. The second-order valence-corrected chi connectivity index (χ2v) is 7.40. The van der Waals surface area contributed by atoms with Gasteiger partial charge < -0.3 is 34.1 Å². The Bertz CT molecular complexity index is 996. The molecule has 0 aromatic heterocycles. The molecule has 1 fully saturated rings. The van der Waals surface area contributed by atoms with Crippen molar-refractivity contribution in [2.75, 3.05) is 54.6 Å². The van der Waals surface area contributed by atoms with E-state index in [1.54, 1.807) is 40.6 Å². The van der Waals surface area contributed by atoms with Crippen molar-refractivity contribution in [1.29, 1.82) is 0 Å². The van der Waals surface area contributed by atoms with E-state index in [-0.39, 0.29) is 5.91 Å². The topological polar surface area (TPSA) is 135 Å². The van der Waals surface area contributed by atoms with Gasteiger partial charge in [0.2, 0.25) is 5.75 Å². The highest BCUT2D eigenvalue weighted by Crippen LogP contribution is 2.38. The van der Waals surface area contributed by atoms with E-state index >= 15 is 0 Å². The first kappa shape index (κ1) is 27.3. The van der Waals surface area contributed by atoms with Crippen LogP contribution in [0.15, 0.2) is 36.4 Å². The van der Waals surface area contributed by atoms with Crippen LogP contribution in [0, 0.1) is 0 Å². The molecule has 190 valence electrons. The smallest absolute Gasteiger partial charge is 0.414 e. The molecule has 1 heterocycles. The van der Waals surface area contributed by atoms with Gasteiger partial charge in [-0.3, -0.25) is 9.69 Å². The highest BCUT2D eigenvalue weighted by molar-refractivity contribution is 6.27. The van der Waals surface area contributed by atoms with E-state index < -0.39 is 11.9 Å². The van der Waals surface area contributed by atoms with Crippen LogP contribution in [-0.4, -0.2) is 92.5 Å². The van der Waals surface area contributed by atoms with Gasteiger partial charge in [-0.15, -0.1) is 0 Å². The molecule has 11 nitrogen and oxygen atoms in total. The Morgan fingerprint density at radius 3 is 1.74 bits per heavy atom. The molecule has 0 unspecified atom stereocenters. The number of benzene rings is 2. The summed E-state index contributed by atoms with van der Waals surface area (Å²) in [6.45, 7) is 3.72. The molecule has 2 aromatic carbocycles. The van der Waals surface area contributed by atoms with Crippen LogP contribution in [0.1, 0.15) is 15.9 Å². The lowest BCUT2D eigenvalue weighted by Crippen LogP contribution is -2.48. The van der Waals surface area contributed by atoms with E-state index in [2.05, 4.69) is 11.0 Å². The molecule has 1 saturated heterocycles. The van der Waals surface area contributed by atoms with Gasteiger partial charge in [-0.1, -0.05) is 18.2 Å². The van der Waals surface area contributed by atoms with Crippen molar-refractivity contribution in [2.24, 2.45) is 0 Å². The maximum atomic E-state index is 13.0. The fourth-order valence-electron chi connectivity index (χ4n) is 3.57. The minimum Gasteiger partial charge on any atom is -0.496 e. The summed E-state index contributed by atoms with van der Waals surface area (Å²) in [6.07, 6.45) is 0. The Hall–Kier alpha value is -3.99. The van der Waals surface area contributed by atoms with Gasteiger partial charge in [-0.05, 0) is 18.2 Å². The first-order valence-corrected chi connectivity index (χ1v) is 10.6. The van der Waals surface area contributed by atoms with Crippen molar-refractivity contribution in [3.8, 4) is 23.0 Å². The van der Waals surface area contributed by atoms with Crippen LogP contribution < -0.4 is 18.9 Å². The number of carbonyl (C=O) groups excluding carboxylic acids is 1. The molecule has 0 saturated carbocycles. The Morgan fingerprint density at radius 1 is 0.771 bits per heavy atom. The van der Waals surface area contributed by atoms with Gasteiger partial charge in [0.15, 0.2) is 11.5 Å². The average Bonchev–Trinajstić information content (AvgIpc) is 2.88. The SMILES string of the molecule is COc1ccccc1CN1CCN(C(=O)c2cc(OC)c(OC)c(OC)c2)CC1.O=C(O)C(=O)O. The normalized spacial score (nSPS) is 13.2. The average molecular weight is 491 g/mol. The van der Waals surface area contributed by atoms with Crippen LogP contribution in [0.2, 0.25) is 0 Å². The number of para-hydroxylation sites is 1. The predicted molar refractivity (Wildman–Crippen MR) is 126 cm³/mol. The van der Waals surface area contributed by atoms with Gasteiger partial charge in [0.05, 0.1) is 28.4 Å². The fourth-order valence-corrected chi connectivity index (χ4v) is 3.57. The van der Waals surface area contributed by atoms with Gasteiger partial charge in [-0.2, -0.15) is 0 Å². The molecule has 0 radical (unpaired) electrons. The third-order valence-electron chi connectivity index (χ3n) is 5.34. The number of hydrogen-bond donors (Lipinski definition) is 2. The highest BCUT2D eigenvalue weighted by Gasteiger charge is 2.25. The number of carbonyl (C=O) groups is 3. The Balaban J connectivity index is 0.000000641. The zero-order valence-corrected chi connectivity index (χ0v) is 20.1. The summed E-state index contributed by atoms with van der Waals surface area (Å²) in [7, 11) is 6.32. The lowest BCUT2D eigenvalue weighted by molar-refractivity contribution is -0.159. The first-order chi connectivity index (χ1) is 16.7. The lowest BCUT2D eigenvalue weighted by atomic mass is 10.1. The number of nitrogens with zero attached hydrogens (tertiary/aromatic N) is 2. The van der Waals surface area contributed by atoms with E-state index in [4.69, 9.17) is 38.7 Å². The number of hydrogen-bond acceptors (Lipinski definition) is 8. The van der Waals surface area contributed by atoms with Gasteiger partial charge in [0.1, 0.15) is 5.75 Å². The molecular weight excluding hydrogens is 460 g/mol. The molecular formula is C24H30N2O9. The lowest BCUT2D eigenvalue weighted by Gasteiger charge is -2.35. The zero-order chi connectivity index (χ0) is 26.0. The number of aliphatic carboxylic acids is 2. The summed E-state index contributed by atoms with van der Waals surface area (Å²) in [5.41, 5.74) is 1.68. The molecule has 2 aromatic rings. The summed E-state index contributed by atoms with van der Waals surface area (Å²) in [4.78, 5) is 35.4. The molecule has 3 rings (SSSR count). The molecule has 11 heteroatoms. The Kier molecular flexibility index (Phi) is 10.2. The van der Waals surface area contributed by atoms with Crippen LogP contribution >= 0.6 is 0 Å². The summed E-state index contributed by atoms with van der Waals surface area (Å²) in [5.74, 6) is -1.36. The van der Waals surface area contributed by atoms with Crippen molar-refractivity contribution in [1.82, 2.24) is 9.80 Å². The number of methoxy groups -OCH3 is 4.